The summed E-state index contributed by atoms with van der Waals surface area (Å²) in [4.78, 5) is 13.5. The van der Waals surface area contributed by atoms with Crippen molar-refractivity contribution < 1.29 is 9.90 Å². The van der Waals surface area contributed by atoms with E-state index in [0.717, 1.165) is 55.8 Å². The van der Waals surface area contributed by atoms with Crippen LogP contribution in [0.1, 0.15) is 90.0 Å². The Morgan fingerprint density at radius 1 is 1.09 bits per heavy atom. The quantitative estimate of drug-likeness (QED) is 0.711. The third kappa shape index (κ3) is 3.83. The summed E-state index contributed by atoms with van der Waals surface area (Å²) in [5.74, 6) is 4.19. The average Bonchev–Trinajstić information content (AvgIpc) is 3.16. The van der Waals surface area contributed by atoms with E-state index in [-0.39, 0.29) is 11.3 Å². The van der Waals surface area contributed by atoms with E-state index in [1.807, 2.05) is 6.92 Å². The van der Waals surface area contributed by atoms with Gasteiger partial charge in [0.1, 0.15) is 6.07 Å². The fourth-order valence-electron chi connectivity index (χ4n) is 8.64. The molecule has 1 aromatic heterocycles. The van der Waals surface area contributed by atoms with Crippen LogP contribution in [-0.2, 0) is 11.3 Å². The summed E-state index contributed by atoms with van der Waals surface area (Å²) in [6.45, 7) is 4.75. The van der Waals surface area contributed by atoms with Crippen molar-refractivity contribution in [3.8, 4) is 6.07 Å². The smallest absolute Gasteiger partial charge is 0.157 e. The van der Waals surface area contributed by atoms with Crippen molar-refractivity contribution >= 4 is 5.78 Å². The number of aromatic nitrogens is 2. The van der Waals surface area contributed by atoms with E-state index in [2.05, 4.69) is 18.1 Å². The number of carbonyl (C=O) groups excluding carboxylic acids is 1. The van der Waals surface area contributed by atoms with Crippen molar-refractivity contribution in [1.29, 1.82) is 5.26 Å². The minimum Gasteiger partial charge on any atom is -0.390 e. The molecule has 32 heavy (non-hydrogen) atoms. The van der Waals surface area contributed by atoms with Crippen LogP contribution in [0.2, 0.25) is 0 Å². The van der Waals surface area contributed by atoms with Crippen LogP contribution in [0.15, 0.2) is 12.4 Å². The molecule has 1 aromatic rings. The summed E-state index contributed by atoms with van der Waals surface area (Å²) < 4.78 is 1.65. The summed E-state index contributed by atoms with van der Waals surface area (Å²) in [5.41, 5.74) is 0.145. The van der Waals surface area contributed by atoms with E-state index in [1.54, 1.807) is 17.1 Å². The molecule has 1 N–H and O–H groups in total. The Kier molecular flexibility index (Phi) is 5.73. The monoisotopic (exact) mass is 437 g/mol. The van der Waals surface area contributed by atoms with Crippen LogP contribution >= 0.6 is 0 Å². The Labute approximate surface area is 192 Å². The SMILES string of the molecule is C[C@]1(O)CC[C@H]2CC[C@@H]3[C@H](CC[C@]4(C)[C@@H](C(=O)Cn5cc(C#N)cn5)CCC[C@@H]34)[C@H]2CC1. The molecule has 1 heterocycles. The molecule has 4 aliphatic carbocycles. The second-order valence-corrected chi connectivity index (χ2v) is 12.0. The van der Waals surface area contributed by atoms with E-state index in [0.29, 0.717) is 23.8 Å². The number of Topliss-reactive ketones (excluding diaryl/α,β-unsaturated/α-hetero) is 1. The fourth-order valence-corrected chi connectivity index (χ4v) is 8.64. The van der Waals surface area contributed by atoms with Crippen LogP contribution in [0, 0.1) is 52.3 Å². The lowest BCUT2D eigenvalue weighted by atomic mass is 9.45. The molecule has 4 saturated carbocycles. The zero-order valence-corrected chi connectivity index (χ0v) is 19.8. The molecule has 0 amide bonds. The molecule has 4 fully saturated rings. The lowest BCUT2D eigenvalue weighted by Gasteiger charge is -2.59. The normalized spacial score (nSPS) is 43.8. The second-order valence-electron chi connectivity index (χ2n) is 12.0. The lowest BCUT2D eigenvalue weighted by molar-refractivity contribution is -0.143. The predicted molar refractivity (Wildman–Crippen MR) is 122 cm³/mol. The van der Waals surface area contributed by atoms with E-state index < -0.39 is 5.60 Å². The van der Waals surface area contributed by atoms with Crippen molar-refractivity contribution in [3.63, 3.8) is 0 Å². The third-order valence-corrected chi connectivity index (χ3v) is 10.3. The molecule has 4 aliphatic rings. The van der Waals surface area contributed by atoms with Gasteiger partial charge in [0.2, 0.25) is 0 Å². The Morgan fingerprint density at radius 2 is 1.88 bits per heavy atom. The number of ketones is 1. The van der Waals surface area contributed by atoms with Crippen LogP contribution in [0.4, 0.5) is 0 Å². The topological polar surface area (TPSA) is 78.9 Å². The van der Waals surface area contributed by atoms with Gasteiger partial charge in [-0.2, -0.15) is 10.4 Å². The van der Waals surface area contributed by atoms with Crippen LogP contribution in [0.3, 0.4) is 0 Å². The molecule has 174 valence electrons. The molecular weight excluding hydrogens is 398 g/mol. The van der Waals surface area contributed by atoms with Gasteiger partial charge < -0.3 is 5.11 Å². The molecule has 5 nitrogen and oxygen atoms in total. The first-order chi connectivity index (χ1) is 15.3. The Hall–Kier alpha value is -1.67. The number of nitrogens with zero attached hydrogens (tertiary/aromatic N) is 3. The fraction of sp³-hybridized carbons (Fsp3) is 0.815. The Balaban J connectivity index is 1.33. The van der Waals surface area contributed by atoms with Crippen LogP contribution in [-0.4, -0.2) is 26.3 Å². The number of hydrogen-bond acceptors (Lipinski definition) is 4. The summed E-state index contributed by atoms with van der Waals surface area (Å²) >= 11 is 0. The number of fused-ring (bicyclic) bond motifs is 5. The highest BCUT2D eigenvalue weighted by Gasteiger charge is 2.56. The second kappa shape index (κ2) is 8.28. The number of rotatable bonds is 3. The maximum absolute atomic E-state index is 13.5. The Bertz CT molecular complexity index is 899. The number of carbonyl (C=O) groups is 1. The first-order valence-electron chi connectivity index (χ1n) is 13.0. The van der Waals surface area contributed by atoms with Gasteiger partial charge >= 0.3 is 0 Å². The first-order valence-corrected chi connectivity index (χ1v) is 13.0. The molecule has 0 bridgehead atoms. The molecule has 0 radical (unpaired) electrons. The minimum atomic E-state index is -0.476. The van der Waals surface area contributed by atoms with Crippen molar-refractivity contribution in [2.24, 2.45) is 40.9 Å². The molecule has 0 saturated heterocycles. The number of nitriles is 1. The van der Waals surface area contributed by atoms with Gasteiger partial charge in [-0.1, -0.05) is 13.3 Å². The molecule has 0 aromatic carbocycles. The van der Waals surface area contributed by atoms with E-state index in [1.165, 1.54) is 38.5 Å². The largest absolute Gasteiger partial charge is 0.390 e. The van der Waals surface area contributed by atoms with Crippen molar-refractivity contribution in [2.75, 3.05) is 0 Å². The average molecular weight is 438 g/mol. The van der Waals surface area contributed by atoms with Crippen LogP contribution < -0.4 is 0 Å². The molecular formula is C27H39N3O2. The zero-order valence-electron chi connectivity index (χ0n) is 19.8. The molecule has 0 aliphatic heterocycles. The van der Waals surface area contributed by atoms with Crippen molar-refractivity contribution in [2.45, 2.75) is 96.6 Å². The molecule has 0 spiro atoms. The molecule has 5 heteroatoms. The van der Waals surface area contributed by atoms with Crippen LogP contribution in [0.25, 0.3) is 0 Å². The van der Waals surface area contributed by atoms with Gasteiger partial charge in [0.25, 0.3) is 0 Å². The van der Waals surface area contributed by atoms with Crippen molar-refractivity contribution in [3.05, 3.63) is 18.0 Å². The maximum Gasteiger partial charge on any atom is 0.157 e. The molecule has 8 atom stereocenters. The maximum atomic E-state index is 13.5. The summed E-state index contributed by atoms with van der Waals surface area (Å²) in [6.07, 6.45) is 16.0. The number of aliphatic hydroxyl groups is 1. The van der Waals surface area contributed by atoms with Gasteiger partial charge in [0.05, 0.1) is 23.9 Å². The summed E-state index contributed by atoms with van der Waals surface area (Å²) in [5, 5.41) is 24.0. The van der Waals surface area contributed by atoms with E-state index in [4.69, 9.17) is 5.26 Å². The van der Waals surface area contributed by atoms with Gasteiger partial charge in [-0.05, 0) is 106 Å². The van der Waals surface area contributed by atoms with Gasteiger partial charge in [0.15, 0.2) is 5.78 Å². The van der Waals surface area contributed by atoms with Gasteiger partial charge in [0, 0.05) is 12.1 Å². The zero-order chi connectivity index (χ0) is 22.5. The summed E-state index contributed by atoms with van der Waals surface area (Å²) in [6, 6.07) is 2.11. The standard InChI is InChI=1S/C27H39N3O2/c1-26(32)11-8-19-6-7-22-21(20(19)9-12-26)10-13-27(2)23(22)4-3-5-24(27)25(31)17-30-16-18(14-28)15-29-30/h15-16,19-24,32H,3-13,17H2,1-2H3/t19-,20+,21-,22-,23+,24-,26+,27+/m1/s1. The predicted octanol–water partition coefficient (Wildman–Crippen LogP) is 5.12. The third-order valence-electron chi connectivity index (χ3n) is 10.3. The minimum absolute atomic E-state index is 0.102. The van der Waals surface area contributed by atoms with Crippen molar-refractivity contribution in [1.82, 2.24) is 9.78 Å². The molecule has 5 rings (SSSR count). The summed E-state index contributed by atoms with van der Waals surface area (Å²) in [7, 11) is 0. The van der Waals surface area contributed by atoms with Crippen LogP contribution in [0.5, 0.6) is 0 Å². The highest BCUT2D eigenvalue weighted by Crippen LogP contribution is 2.63. The van der Waals surface area contributed by atoms with E-state index >= 15 is 0 Å². The number of hydrogen-bond donors (Lipinski definition) is 1. The first kappa shape index (κ1) is 22.1. The highest BCUT2D eigenvalue weighted by molar-refractivity contribution is 5.81. The Morgan fingerprint density at radius 3 is 2.66 bits per heavy atom. The lowest BCUT2D eigenvalue weighted by Crippen LogP contribution is -2.53. The van der Waals surface area contributed by atoms with Gasteiger partial charge in [-0.25, -0.2) is 0 Å². The highest BCUT2D eigenvalue weighted by atomic mass is 16.3. The molecule has 0 unspecified atom stereocenters. The van der Waals surface area contributed by atoms with Gasteiger partial charge in [-0.15, -0.1) is 0 Å². The van der Waals surface area contributed by atoms with Gasteiger partial charge in [-0.3, -0.25) is 9.48 Å². The van der Waals surface area contributed by atoms with E-state index in [9.17, 15) is 9.90 Å².